The molecule has 8 heteroatoms. The maximum absolute atomic E-state index is 12.7. The molecule has 0 aliphatic heterocycles. The first-order valence-electron chi connectivity index (χ1n) is 22.8. The summed E-state index contributed by atoms with van der Waals surface area (Å²) in [5.41, 5.74) is 0. The van der Waals surface area contributed by atoms with E-state index in [9.17, 15) is 19.5 Å². The van der Waals surface area contributed by atoms with Crippen LogP contribution in [0.3, 0.4) is 0 Å². The number of unbranched alkanes of at least 4 members (excludes halogenated alkanes) is 12. The summed E-state index contributed by atoms with van der Waals surface area (Å²) < 4.78 is 17.1. The molecule has 334 valence electrons. The summed E-state index contributed by atoms with van der Waals surface area (Å²) in [6, 6.07) is -0.745. The van der Waals surface area contributed by atoms with E-state index in [-0.39, 0.29) is 49.1 Å². The lowest BCUT2D eigenvalue weighted by Gasteiger charge is -2.34. The van der Waals surface area contributed by atoms with E-state index in [4.69, 9.17) is 14.2 Å². The second kappa shape index (κ2) is 41.0. The molecule has 0 fully saturated rings. The molecule has 0 spiro atoms. The summed E-state index contributed by atoms with van der Waals surface area (Å²) in [5, 5.41) is 11.6. The lowest BCUT2D eigenvalue weighted by molar-refractivity contribution is -0.889. The summed E-state index contributed by atoms with van der Waals surface area (Å²) in [5.74, 6) is -1.85. The van der Waals surface area contributed by atoms with Gasteiger partial charge in [0.25, 0.3) is 0 Å². The third-order valence-corrected chi connectivity index (χ3v) is 9.54. The number of nitrogens with zero attached hydrogens (tertiary/aromatic N) is 1. The zero-order valence-corrected chi connectivity index (χ0v) is 37.9. The molecule has 0 rings (SSSR count). The van der Waals surface area contributed by atoms with E-state index in [1.807, 2.05) is 12.2 Å². The van der Waals surface area contributed by atoms with Crippen molar-refractivity contribution >= 4 is 17.9 Å². The second-order valence-electron chi connectivity index (χ2n) is 16.0. The van der Waals surface area contributed by atoms with E-state index in [1.165, 1.54) is 44.9 Å². The molecule has 0 radical (unpaired) electrons. The fourth-order valence-corrected chi connectivity index (χ4v) is 5.96. The largest absolute Gasteiger partial charge is 0.544 e. The maximum atomic E-state index is 12.7. The predicted molar refractivity (Wildman–Crippen MR) is 245 cm³/mol. The number of likely N-dealkylation sites (N-methyl/N-ethyl adjacent to an activating group) is 1. The van der Waals surface area contributed by atoms with Crippen molar-refractivity contribution in [3.63, 3.8) is 0 Å². The Morgan fingerprint density at radius 3 is 1.53 bits per heavy atom. The number of carboxylic acid groups (broad SMARTS) is 1. The van der Waals surface area contributed by atoms with E-state index in [0.29, 0.717) is 12.8 Å². The summed E-state index contributed by atoms with van der Waals surface area (Å²) in [6.45, 7) is 4.49. The van der Waals surface area contributed by atoms with Gasteiger partial charge in [-0.25, -0.2) is 0 Å². The summed E-state index contributed by atoms with van der Waals surface area (Å²) >= 11 is 0. The van der Waals surface area contributed by atoms with Crippen LogP contribution in [0.5, 0.6) is 0 Å². The van der Waals surface area contributed by atoms with Crippen LogP contribution in [-0.4, -0.2) is 75.5 Å². The number of carbonyl (C=O) groups is 3. The highest BCUT2D eigenvalue weighted by molar-refractivity contribution is 5.70. The van der Waals surface area contributed by atoms with Gasteiger partial charge in [0.15, 0.2) is 6.10 Å². The maximum Gasteiger partial charge on any atom is 0.306 e. The molecule has 0 aromatic rings. The van der Waals surface area contributed by atoms with Gasteiger partial charge in [0.05, 0.1) is 40.3 Å². The first kappa shape index (κ1) is 55.2. The number of hydrogen-bond acceptors (Lipinski definition) is 7. The van der Waals surface area contributed by atoms with Gasteiger partial charge in [-0.1, -0.05) is 156 Å². The molecule has 2 atom stereocenters. The number of rotatable bonds is 39. The van der Waals surface area contributed by atoms with Gasteiger partial charge in [-0.2, -0.15) is 0 Å². The molecule has 0 saturated heterocycles. The number of quaternary nitrogens is 1. The summed E-state index contributed by atoms with van der Waals surface area (Å²) in [7, 11) is 5.37. The molecule has 0 amide bonds. The lowest BCUT2D eigenvalue weighted by atomic mass is 10.1. The van der Waals surface area contributed by atoms with Gasteiger partial charge in [-0.15, -0.1) is 0 Å². The standard InChI is InChI=1S/C51H83NO7/c1-6-8-10-12-14-16-18-20-22-24-26-27-29-31-33-35-37-39-41-49(53)58-46-47(45-57-44-43-48(51(55)56)52(3,4)5)59-50(54)42-40-38-36-34-32-30-28-25-23-21-19-17-15-13-11-9-7-2/h14-18,20-24,26-28,30,34,36,47-48H,6-13,19,25,29,31-33,35,37-46H2,1-5H3/b16-14+,17-15+,20-18+,23-21+,24-22+,27-26+,30-28+,36-34+. The molecule has 59 heavy (non-hydrogen) atoms. The van der Waals surface area contributed by atoms with Crippen LogP contribution in [0.2, 0.25) is 0 Å². The molecule has 0 aliphatic carbocycles. The quantitative estimate of drug-likeness (QED) is 0.0200. The van der Waals surface area contributed by atoms with Crippen molar-refractivity contribution in [3.05, 3.63) is 97.2 Å². The summed E-state index contributed by atoms with van der Waals surface area (Å²) in [6.07, 6.45) is 54.3. The Kier molecular flexibility index (Phi) is 38.4. The number of carbonyl (C=O) groups excluding carboxylic acids is 3. The molecular weight excluding hydrogens is 739 g/mol. The van der Waals surface area contributed by atoms with Crippen LogP contribution in [0.15, 0.2) is 97.2 Å². The number of hydrogen-bond donors (Lipinski definition) is 0. The monoisotopic (exact) mass is 822 g/mol. The van der Waals surface area contributed by atoms with Crippen molar-refractivity contribution in [2.45, 2.75) is 167 Å². The molecule has 0 aromatic heterocycles. The topological polar surface area (TPSA) is 102 Å². The summed E-state index contributed by atoms with van der Waals surface area (Å²) in [4.78, 5) is 36.9. The fraction of sp³-hybridized carbons (Fsp3) is 0.627. The van der Waals surface area contributed by atoms with E-state index >= 15 is 0 Å². The molecule has 0 N–H and O–H groups in total. The van der Waals surface area contributed by atoms with E-state index in [2.05, 4.69) is 98.9 Å². The minimum atomic E-state index is -1.14. The highest BCUT2D eigenvalue weighted by Crippen LogP contribution is 2.11. The Labute approximate surface area is 360 Å². The van der Waals surface area contributed by atoms with Crippen molar-refractivity contribution in [2.75, 3.05) is 41.0 Å². The third-order valence-electron chi connectivity index (χ3n) is 9.54. The van der Waals surface area contributed by atoms with Gasteiger partial charge in [-0.3, -0.25) is 9.59 Å². The van der Waals surface area contributed by atoms with Crippen LogP contribution in [0.25, 0.3) is 0 Å². The fourth-order valence-electron chi connectivity index (χ4n) is 5.96. The van der Waals surface area contributed by atoms with Crippen molar-refractivity contribution in [1.82, 2.24) is 0 Å². The van der Waals surface area contributed by atoms with Gasteiger partial charge in [0, 0.05) is 19.3 Å². The van der Waals surface area contributed by atoms with Gasteiger partial charge < -0.3 is 28.6 Å². The van der Waals surface area contributed by atoms with Crippen molar-refractivity contribution < 1.29 is 38.2 Å². The number of aliphatic carboxylic acids is 1. The van der Waals surface area contributed by atoms with Crippen LogP contribution in [-0.2, 0) is 28.6 Å². The second-order valence-corrected chi connectivity index (χ2v) is 16.0. The van der Waals surface area contributed by atoms with E-state index in [1.54, 1.807) is 21.1 Å². The molecule has 0 bridgehead atoms. The van der Waals surface area contributed by atoms with Gasteiger partial charge >= 0.3 is 11.9 Å². The van der Waals surface area contributed by atoms with Crippen molar-refractivity contribution in [2.24, 2.45) is 0 Å². The van der Waals surface area contributed by atoms with Crippen molar-refractivity contribution in [3.8, 4) is 0 Å². The van der Waals surface area contributed by atoms with Crippen LogP contribution in [0, 0.1) is 0 Å². The molecule has 8 nitrogen and oxygen atoms in total. The van der Waals surface area contributed by atoms with Crippen LogP contribution in [0.4, 0.5) is 0 Å². The first-order chi connectivity index (χ1) is 28.6. The average molecular weight is 822 g/mol. The molecule has 2 unspecified atom stereocenters. The zero-order valence-electron chi connectivity index (χ0n) is 37.9. The number of carboxylic acids is 1. The molecule has 0 aliphatic rings. The minimum absolute atomic E-state index is 0.00454. The SMILES string of the molecule is CCCCC/C=C/C=C/C=C/C=C/CCCCCCCC(=O)OCC(COCCC(C(=O)[O-])[N+](C)(C)C)OC(=O)CCC/C=C/C/C=C/C/C=C/C/C=C/CCCCC. The third kappa shape index (κ3) is 39.5. The van der Waals surface area contributed by atoms with Crippen LogP contribution >= 0.6 is 0 Å². The Bertz CT molecular complexity index is 1280. The average Bonchev–Trinajstić information content (AvgIpc) is 3.19. The minimum Gasteiger partial charge on any atom is -0.544 e. The molecule has 0 saturated carbocycles. The number of esters is 2. The van der Waals surface area contributed by atoms with Gasteiger partial charge in [-0.05, 0) is 77.0 Å². The van der Waals surface area contributed by atoms with Gasteiger partial charge in [0.2, 0.25) is 0 Å². The van der Waals surface area contributed by atoms with E-state index < -0.39 is 18.1 Å². The Morgan fingerprint density at radius 1 is 0.525 bits per heavy atom. The van der Waals surface area contributed by atoms with Crippen molar-refractivity contribution in [1.29, 1.82) is 0 Å². The van der Waals surface area contributed by atoms with Crippen LogP contribution < -0.4 is 5.11 Å². The number of ether oxygens (including phenoxy) is 3. The predicted octanol–water partition coefficient (Wildman–Crippen LogP) is 11.4. The molecule has 0 heterocycles. The smallest absolute Gasteiger partial charge is 0.306 e. The molecular formula is C51H83NO7. The lowest BCUT2D eigenvalue weighted by Crippen LogP contribution is -2.55. The van der Waals surface area contributed by atoms with Gasteiger partial charge in [0.1, 0.15) is 12.6 Å². The first-order valence-corrected chi connectivity index (χ1v) is 22.8. The van der Waals surface area contributed by atoms with E-state index in [0.717, 1.165) is 70.6 Å². The zero-order chi connectivity index (χ0) is 43.5. The Hall–Kier alpha value is -3.75. The number of allylic oxidation sites excluding steroid dienone is 16. The normalized spacial score (nSPS) is 13.8. The highest BCUT2D eigenvalue weighted by Gasteiger charge is 2.25. The Morgan fingerprint density at radius 2 is 0.983 bits per heavy atom. The van der Waals surface area contributed by atoms with Crippen LogP contribution in [0.1, 0.15) is 155 Å². The Balaban J connectivity index is 4.50. The highest BCUT2D eigenvalue weighted by atomic mass is 16.6. The molecule has 0 aromatic carbocycles.